The van der Waals surface area contributed by atoms with Crippen molar-refractivity contribution < 1.29 is 9.18 Å². The van der Waals surface area contributed by atoms with E-state index in [1.165, 1.54) is 23.0 Å². The number of fused-ring (bicyclic) bond motifs is 1. The van der Waals surface area contributed by atoms with Gasteiger partial charge in [0.1, 0.15) is 16.3 Å². The topological polar surface area (TPSA) is 46.9 Å². The van der Waals surface area contributed by atoms with Gasteiger partial charge < -0.3 is 5.32 Å². The summed E-state index contributed by atoms with van der Waals surface area (Å²) in [5, 5.41) is 8.19. The molecule has 0 spiro atoms. The third-order valence-corrected chi connectivity index (χ3v) is 5.95. The highest BCUT2D eigenvalue weighted by atomic mass is 32.1. The molecular weight excluding hydrogens is 373 g/mol. The summed E-state index contributed by atoms with van der Waals surface area (Å²) in [7, 11) is 1.81. The van der Waals surface area contributed by atoms with Crippen LogP contribution in [0.1, 0.15) is 27.7 Å². The van der Waals surface area contributed by atoms with Crippen LogP contribution < -0.4 is 5.32 Å². The molecule has 0 saturated carbocycles. The second-order valence-electron chi connectivity index (χ2n) is 6.63. The van der Waals surface area contributed by atoms with E-state index in [2.05, 4.69) is 29.5 Å². The van der Waals surface area contributed by atoms with Crippen molar-refractivity contribution in [1.29, 1.82) is 0 Å². The summed E-state index contributed by atoms with van der Waals surface area (Å²) in [4.78, 5) is 14.1. The Morgan fingerprint density at radius 3 is 2.57 bits per heavy atom. The van der Waals surface area contributed by atoms with E-state index in [-0.39, 0.29) is 11.7 Å². The molecule has 2 heterocycles. The number of hydrogen-bond acceptors (Lipinski definition) is 3. The minimum atomic E-state index is -0.324. The Balaban J connectivity index is 1.58. The van der Waals surface area contributed by atoms with Crippen LogP contribution in [0.15, 0.2) is 54.6 Å². The maximum Gasteiger partial charge on any atom is 0.261 e. The smallest absolute Gasteiger partial charge is 0.261 e. The molecule has 2 aromatic carbocycles. The van der Waals surface area contributed by atoms with Crippen LogP contribution in [-0.2, 0) is 20.0 Å². The first-order valence-electron chi connectivity index (χ1n) is 9.14. The van der Waals surface area contributed by atoms with E-state index in [9.17, 15) is 9.18 Å². The lowest BCUT2D eigenvalue weighted by Gasteiger charge is -2.05. The van der Waals surface area contributed by atoms with Crippen LogP contribution in [0.3, 0.4) is 0 Å². The molecule has 1 N–H and O–H groups in total. The highest BCUT2D eigenvalue weighted by Crippen LogP contribution is 2.34. The van der Waals surface area contributed by atoms with Gasteiger partial charge in [0.2, 0.25) is 0 Å². The Bertz CT molecular complexity index is 1140. The number of benzene rings is 2. The number of nitrogens with one attached hydrogen (secondary N) is 1. The number of rotatable bonds is 5. The number of thiophene rings is 1. The van der Waals surface area contributed by atoms with Gasteiger partial charge in [0.25, 0.3) is 5.91 Å². The summed E-state index contributed by atoms with van der Waals surface area (Å²) in [6.07, 6.45) is 0.993. The van der Waals surface area contributed by atoms with E-state index in [0.717, 1.165) is 22.2 Å². The molecule has 142 valence electrons. The maximum absolute atomic E-state index is 14.2. The predicted octanol–water partition coefficient (Wildman–Crippen LogP) is 4.93. The standard InChI is InChI=1S/C22H20FN3OS/c1-3-14-8-10-15(11-9-14)13-24-21(27)19-12-17-20(25-26(2)22(17)28-19)16-6-4-5-7-18(16)23/h4-12H,3,13H2,1-2H3,(H,24,27). The average Bonchev–Trinajstić information content (AvgIpc) is 3.28. The van der Waals surface area contributed by atoms with Crippen molar-refractivity contribution >= 4 is 27.5 Å². The summed E-state index contributed by atoms with van der Waals surface area (Å²) in [6, 6.07) is 16.6. The summed E-state index contributed by atoms with van der Waals surface area (Å²) in [5.41, 5.74) is 3.32. The lowest BCUT2D eigenvalue weighted by molar-refractivity contribution is 0.0955. The van der Waals surface area contributed by atoms with Crippen LogP contribution in [0, 0.1) is 5.82 Å². The minimum Gasteiger partial charge on any atom is -0.347 e. The van der Waals surface area contributed by atoms with Crippen molar-refractivity contribution in [2.45, 2.75) is 19.9 Å². The summed E-state index contributed by atoms with van der Waals surface area (Å²) >= 11 is 1.36. The first-order chi connectivity index (χ1) is 13.6. The van der Waals surface area contributed by atoms with E-state index >= 15 is 0 Å². The molecular formula is C22H20FN3OS. The number of carbonyl (C=O) groups excluding carboxylic acids is 1. The number of amides is 1. The average molecular weight is 393 g/mol. The Morgan fingerprint density at radius 2 is 1.86 bits per heavy atom. The van der Waals surface area contributed by atoms with Crippen LogP contribution in [0.25, 0.3) is 21.5 Å². The molecule has 0 unspecified atom stereocenters. The second kappa shape index (κ2) is 7.56. The molecule has 28 heavy (non-hydrogen) atoms. The van der Waals surface area contributed by atoms with E-state index < -0.39 is 0 Å². The number of nitrogens with zero attached hydrogens (tertiary/aromatic N) is 2. The summed E-state index contributed by atoms with van der Waals surface area (Å²) < 4.78 is 15.9. The van der Waals surface area contributed by atoms with Gasteiger partial charge in [0, 0.05) is 24.5 Å². The largest absolute Gasteiger partial charge is 0.347 e. The zero-order chi connectivity index (χ0) is 19.7. The van der Waals surface area contributed by atoms with Crippen LogP contribution in [-0.4, -0.2) is 15.7 Å². The molecule has 4 aromatic rings. The Morgan fingerprint density at radius 1 is 1.14 bits per heavy atom. The van der Waals surface area contributed by atoms with Crippen molar-refractivity contribution in [1.82, 2.24) is 15.1 Å². The van der Waals surface area contributed by atoms with E-state index in [1.54, 1.807) is 36.0 Å². The van der Waals surface area contributed by atoms with Crippen LogP contribution in [0.4, 0.5) is 4.39 Å². The van der Waals surface area contributed by atoms with Gasteiger partial charge in [-0.25, -0.2) is 4.39 Å². The lowest BCUT2D eigenvalue weighted by atomic mass is 10.1. The molecule has 0 aliphatic carbocycles. The second-order valence-corrected chi connectivity index (χ2v) is 7.66. The quantitative estimate of drug-likeness (QED) is 0.522. The molecule has 0 bridgehead atoms. The van der Waals surface area contributed by atoms with Gasteiger partial charge in [-0.1, -0.05) is 43.3 Å². The van der Waals surface area contributed by atoms with Gasteiger partial charge in [-0.15, -0.1) is 11.3 Å². The minimum absolute atomic E-state index is 0.139. The SMILES string of the molecule is CCc1ccc(CNC(=O)c2cc3c(-c4ccccc4F)nn(C)c3s2)cc1. The maximum atomic E-state index is 14.2. The summed E-state index contributed by atoms with van der Waals surface area (Å²) in [6.45, 7) is 2.58. The van der Waals surface area contributed by atoms with Gasteiger partial charge >= 0.3 is 0 Å². The van der Waals surface area contributed by atoms with Crippen molar-refractivity contribution in [2.75, 3.05) is 0 Å². The van der Waals surface area contributed by atoms with Crippen molar-refractivity contribution in [3.8, 4) is 11.3 Å². The highest BCUT2D eigenvalue weighted by Gasteiger charge is 2.19. The number of carbonyl (C=O) groups is 1. The molecule has 0 aliphatic heterocycles. The molecule has 0 aliphatic rings. The number of hydrogen-bond donors (Lipinski definition) is 1. The van der Waals surface area contributed by atoms with Crippen LogP contribution in [0.5, 0.6) is 0 Å². The van der Waals surface area contributed by atoms with E-state index in [4.69, 9.17) is 0 Å². The third kappa shape index (κ3) is 3.43. The number of aryl methyl sites for hydroxylation is 2. The Labute approximate surface area is 166 Å². The van der Waals surface area contributed by atoms with Gasteiger partial charge in [-0.2, -0.15) is 5.10 Å². The monoisotopic (exact) mass is 393 g/mol. The van der Waals surface area contributed by atoms with E-state index in [1.807, 2.05) is 12.1 Å². The van der Waals surface area contributed by atoms with Crippen molar-refractivity contribution in [3.05, 3.63) is 76.4 Å². The van der Waals surface area contributed by atoms with Crippen LogP contribution >= 0.6 is 11.3 Å². The van der Waals surface area contributed by atoms with Gasteiger partial charge in [-0.05, 0) is 35.7 Å². The van der Waals surface area contributed by atoms with Crippen molar-refractivity contribution in [2.24, 2.45) is 7.05 Å². The molecule has 0 radical (unpaired) electrons. The fourth-order valence-corrected chi connectivity index (χ4v) is 4.16. The normalized spacial score (nSPS) is 11.1. The summed E-state index contributed by atoms with van der Waals surface area (Å²) in [5.74, 6) is -0.463. The molecule has 0 atom stereocenters. The molecule has 1 amide bonds. The van der Waals surface area contributed by atoms with Gasteiger partial charge in [0.05, 0.1) is 4.88 Å². The molecule has 0 fully saturated rings. The Hall–Kier alpha value is -2.99. The molecule has 4 rings (SSSR count). The first-order valence-corrected chi connectivity index (χ1v) is 9.96. The fraction of sp³-hybridized carbons (Fsp3) is 0.182. The van der Waals surface area contributed by atoms with Crippen LogP contribution in [0.2, 0.25) is 0 Å². The fourth-order valence-electron chi connectivity index (χ4n) is 3.17. The predicted molar refractivity (Wildman–Crippen MR) is 111 cm³/mol. The van der Waals surface area contributed by atoms with Gasteiger partial charge in [-0.3, -0.25) is 9.48 Å². The van der Waals surface area contributed by atoms with Gasteiger partial charge in [0.15, 0.2) is 0 Å². The third-order valence-electron chi connectivity index (χ3n) is 4.75. The lowest BCUT2D eigenvalue weighted by Crippen LogP contribution is -2.21. The van der Waals surface area contributed by atoms with E-state index in [0.29, 0.717) is 22.7 Å². The number of halogens is 1. The molecule has 0 saturated heterocycles. The zero-order valence-corrected chi connectivity index (χ0v) is 16.5. The highest BCUT2D eigenvalue weighted by molar-refractivity contribution is 7.20. The molecule has 2 aromatic heterocycles. The van der Waals surface area contributed by atoms with Crippen molar-refractivity contribution in [3.63, 3.8) is 0 Å². The first kappa shape index (κ1) is 18.4. The molecule has 4 nitrogen and oxygen atoms in total. The zero-order valence-electron chi connectivity index (χ0n) is 15.7. The Kier molecular flexibility index (Phi) is 4.96. The molecule has 6 heteroatoms. The number of aromatic nitrogens is 2.